The summed E-state index contributed by atoms with van der Waals surface area (Å²) in [4.78, 5) is 52.3. The fourth-order valence-electron chi connectivity index (χ4n) is 6.83. The van der Waals surface area contributed by atoms with Gasteiger partial charge < -0.3 is 9.80 Å². The van der Waals surface area contributed by atoms with E-state index in [2.05, 4.69) is 19.9 Å². The van der Waals surface area contributed by atoms with Crippen molar-refractivity contribution in [1.82, 2.24) is 9.80 Å². The van der Waals surface area contributed by atoms with Crippen LogP contribution in [0.15, 0.2) is 30.0 Å². The Morgan fingerprint density at radius 3 is 1.49 bits per heavy atom. The highest BCUT2D eigenvalue weighted by Gasteiger charge is 2.40. The van der Waals surface area contributed by atoms with Gasteiger partial charge in [0.05, 0.1) is 32.0 Å². The molecule has 1 amide bonds. The molecule has 0 heterocycles. The topological polar surface area (TPSA) is 177 Å². The summed E-state index contributed by atoms with van der Waals surface area (Å²) in [5, 5.41) is 46.8. The van der Waals surface area contributed by atoms with E-state index in [1.165, 1.54) is 62.3 Å². The molecule has 1 aliphatic carbocycles. The Morgan fingerprint density at radius 1 is 0.647 bits per heavy atom. The Kier molecular flexibility index (Phi) is 16.0. The summed E-state index contributed by atoms with van der Waals surface area (Å²) in [6.07, 6.45) is 17.1. The third-order valence-corrected chi connectivity index (χ3v) is 9.50. The van der Waals surface area contributed by atoms with Gasteiger partial charge in [0.2, 0.25) is 0 Å². The van der Waals surface area contributed by atoms with Gasteiger partial charge in [-0.2, -0.15) is 5.26 Å². The van der Waals surface area contributed by atoms with Crippen LogP contribution >= 0.6 is 0 Å². The van der Waals surface area contributed by atoms with E-state index >= 15 is 0 Å². The SMILES string of the molecule is CCCCCCCCCCN(CCCCCCCCCC)C(=O)c1cc([N+](=O)[O-])cc2c1-c1c(cc([N+](=O)[O-])cc1[N+](=O)[O-])/C2=C(\C#N)N(C)C. The highest BCUT2D eigenvalue weighted by Crippen LogP contribution is 2.53. The van der Waals surface area contributed by atoms with Crippen LogP contribution in [0.4, 0.5) is 17.1 Å². The van der Waals surface area contributed by atoms with Gasteiger partial charge in [-0.25, -0.2) is 0 Å². The number of rotatable bonds is 23. The summed E-state index contributed by atoms with van der Waals surface area (Å²) in [6, 6.07) is 6.37. The van der Waals surface area contributed by atoms with Crippen molar-refractivity contribution in [3.8, 4) is 17.2 Å². The number of allylic oxidation sites excluding steroid dienone is 1. The smallest absolute Gasteiger partial charge is 0.284 e. The molecule has 13 nitrogen and oxygen atoms in total. The molecule has 0 spiro atoms. The molecule has 0 aliphatic heterocycles. The minimum atomic E-state index is -0.764. The standard InChI is InChI=1S/C38H52N6O7/c1-5-7-9-11-13-15-17-19-21-41(22-20-18-16-14-12-10-8-6-2)38(45)32-25-28(42(46)47)23-30-35(34(27-39)40(3)4)31-24-29(43(48)49)26-33(44(50)51)37(31)36(30)32/h23-26H,5-22H2,1-4H3/b35-34+. The molecule has 276 valence electrons. The molecule has 0 saturated heterocycles. The number of nitrogens with zero attached hydrogens (tertiary/aromatic N) is 6. The molecule has 1 aliphatic rings. The van der Waals surface area contributed by atoms with Crippen LogP contribution in [0, 0.1) is 41.7 Å². The highest BCUT2D eigenvalue weighted by molar-refractivity contribution is 6.14. The van der Waals surface area contributed by atoms with E-state index in [0.717, 1.165) is 69.6 Å². The number of benzene rings is 2. The van der Waals surface area contributed by atoms with Gasteiger partial charge in [-0.05, 0) is 12.8 Å². The minimum Gasteiger partial charge on any atom is -0.369 e. The molecule has 0 bridgehead atoms. The van der Waals surface area contributed by atoms with E-state index in [-0.39, 0.29) is 39.1 Å². The van der Waals surface area contributed by atoms with E-state index in [1.807, 2.05) is 0 Å². The molecule has 0 atom stereocenters. The predicted molar refractivity (Wildman–Crippen MR) is 198 cm³/mol. The van der Waals surface area contributed by atoms with Crippen molar-refractivity contribution in [2.45, 2.75) is 117 Å². The maximum Gasteiger partial charge on any atom is 0.284 e. The third kappa shape index (κ3) is 10.6. The lowest BCUT2D eigenvalue weighted by molar-refractivity contribution is -0.393. The van der Waals surface area contributed by atoms with Crippen LogP contribution in [-0.4, -0.2) is 57.7 Å². The minimum absolute atomic E-state index is 0.00314. The number of nitro benzene ring substituents is 3. The van der Waals surface area contributed by atoms with Gasteiger partial charge in [-0.1, -0.05) is 104 Å². The molecule has 51 heavy (non-hydrogen) atoms. The van der Waals surface area contributed by atoms with Gasteiger partial charge in [0, 0.05) is 67.6 Å². The Bertz CT molecular complexity index is 1630. The second kappa shape index (κ2) is 20.1. The van der Waals surface area contributed by atoms with Crippen LogP contribution in [0.25, 0.3) is 16.7 Å². The Labute approximate surface area is 300 Å². The number of hydrogen-bond donors (Lipinski definition) is 0. The van der Waals surface area contributed by atoms with Crippen LogP contribution in [0.3, 0.4) is 0 Å². The highest BCUT2D eigenvalue weighted by atomic mass is 16.6. The maximum absolute atomic E-state index is 14.6. The van der Waals surface area contributed by atoms with E-state index in [1.54, 1.807) is 19.0 Å². The lowest BCUT2D eigenvalue weighted by Gasteiger charge is -2.24. The van der Waals surface area contributed by atoms with Gasteiger partial charge in [0.25, 0.3) is 23.0 Å². The summed E-state index contributed by atoms with van der Waals surface area (Å²) in [5.41, 5.74) is -1.57. The first-order valence-corrected chi connectivity index (χ1v) is 18.4. The van der Waals surface area contributed by atoms with Crippen molar-refractivity contribution >= 4 is 28.5 Å². The Balaban J connectivity index is 2.13. The zero-order valence-electron chi connectivity index (χ0n) is 30.6. The average Bonchev–Trinajstić information content (AvgIpc) is 3.42. The predicted octanol–water partition coefficient (Wildman–Crippen LogP) is 9.96. The number of carbonyl (C=O) groups excluding carboxylic acids is 1. The molecule has 3 rings (SSSR count). The molecule has 0 fully saturated rings. The quantitative estimate of drug-likeness (QED) is 0.0402. The van der Waals surface area contributed by atoms with Gasteiger partial charge in [0.1, 0.15) is 11.8 Å². The monoisotopic (exact) mass is 704 g/mol. The summed E-state index contributed by atoms with van der Waals surface area (Å²) < 4.78 is 0. The number of fused-ring (bicyclic) bond motifs is 3. The second-order valence-electron chi connectivity index (χ2n) is 13.5. The first-order chi connectivity index (χ1) is 24.5. The number of nitriles is 1. The van der Waals surface area contributed by atoms with E-state index < -0.39 is 37.7 Å². The normalized spacial score (nSPS) is 12.5. The summed E-state index contributed by atoms with van der Waals surface area (Å²) in [7, 11) is 3.13. The number of non-ortho nitro benzene ring substituents is 2. The average molecular weight is 705 g/mol. The molecule has 2 aromatic rings. The van der Waals surface area contributed by atoms with Crippen molar-refractivity contribution < 1.29 is 19.6 Å². The van der Waals surface area contributed by atoms with Crippen LogP contribution < -0.4 is 0 Å². The van der Waals surface area contributed by atoms with Crippen LogP contribution in [0.1, 0.15) is 138 Å². The third-order valence-electron chi connectivity index (χ3n) is 9.50. The molecule has 0 saturated carbocycles. The largest absolute Gasteiger partial charge is 0.369 e. The molecule has 0 radical (unpaired) electrons. The van der Waals surface area contributed by atoms with Crippen LogP contribution in [0.5, 0.6) is 0 Å². The first-order valence-electron chi connectivity index (χ1n) is 18.4. The Hall–Kier alpha value is -4.86. The van der Waals surface area contributed by atoms with Crippen LogP contribution in [-0.2, 0) is 0 Å². The van der Waals surface area contributed by atoms with Crippen molar-refractivity contribution in [2.24, 2.45) is 0 Å². The molecule has 13 heteroatoms. The molecular weight excluding hydrogens is 652 g/mol. The molecular formula is C38H52N6O7. The first kappa shape index (κ1) is 40.6. The number of nitro groups is 3. The van der Waals surface area contributed by atoms with Gasteiger partial charge in [-0.3, -0.25) is 35.1 Å². The van der Waals surface area contributed by atoms with Crippen molar-refractivity contribution in [2.75, 3.05) is 27.2 Å². The van der Waals surface area contributed by atoms with Gasteiger partial charge in [-0.15, -0.1) is 0 Å². The molecule has 2 aromatic carbocycles. The van der Waals surface area contributed by atoms with Crippen molar-refractivity contribution in [3.05, 3.63) is 77.0 Å². The fraction of sp³-hybridized carbons (Fsp3) is 0.579. The number of hydrogen-bond acceptors (Lipinski definition) is 9. The summed E-state index contributed by atoms with van der Waals surface area (Å²) >= 11 is 0. The summed E-state index contributed by atoms with van der Waals surface area (Å²) in [6.45, 7) is 5.19. The van der Waals surface area contributed by atoms with Crippen molar-refractivity contribution in [1.29, 1.82) is 5.26 Å². The summed E-state index contributed by atoms with van der Waals surface area (Å²) in [5.74, 6) is -0.496. The number of unbranched alkanes of at least 4 members (excludes halogenated alkanes) is 14. The maximum atomic E-state index is 14.6. The van der Waals surface area contributed by atoms with Gasteiger partial charge >= 0.3 is 0 Å². The van der Waals surface area contributed by atoms with Gasteiger partial charge in [0.15, 0.2) is 0 Å². The molecule has 0 N–H and O–H groups in total. The lowest BCUT2D eigenvalue weighted by atomic mass is 9.95. The molecule has 0 unspecified atom stereocenters. The second-order valence-corrected chi connectivity index (χ2v) is 13.5. The number of carbonyl (C=O) groups is 1. The number of amides is 1. The van der Waals surface area contributed by atoms with Crippen LogP contribution in [0.2, 0.25) is 0 Å². The Morgan fingerprint density at radius 2 is 1.08 bits per heavy atom. The fourth-order valence-corrected chi connectivity index (χ4v) is 6.83. The van der Waals surface area contributed by atoms with E-state index in [9.17, 15) is 40.4 Å². The zero-order chi connectivity index (χ0) is 37.5. The zero-order valence-corrected chi connectivity index (χ0v) is 30.6. The van der Waals surface area contributed by atoms with Crippen molar-refractivity contribution in [3.63, 3.8) is 0 Å². The lowest BCUT2D eigenvalue weighted by Crippen LogP contribution is -2.33. The van der Waals surface area contributed by atoms with E-state index in [4.69, 9.17) is 0 Å². The van der Waals surface area contributed by atoms with E-state index in [0.29, 0.717) is 13.1 Å². The molecule has 0 aromatic heterocycles.